The lowest BCUT2D eigenvalue weighted by atomic mass is 10.0. The molecule has 0 spiro atoms. The highest BCUT2D eigenvalue weighted by atomic mass is 16.5. The summed E-state index contributed by atoms with van der Waals surface area (Å²) in [6, 6.07) is 13.8. The average Bonchev–Trinajstić information content (AvgIpc) is 3.44. The highest BCUT2D eigenvalue weighted by Crippen LogP contribution is 2.32. The fourth-order valence-electron chi connectivity index (χ4n) is 3.94. The first kappa shape index (κ1) is 17.0. The van der Waals surface area contributed by atoms with Gasteiger partial charge in [-0.15, -0.1) is 0 Å². The number of benzene rings is 2. The minimum absolute atomic E-state index is 0.0783. The number of para-hydroxylation sites is 1. The molecule has 0 saturated carbocycles. The van der Waals surface area contributed by atoms with E-state index >= 15 is 0 Å². The summed E-state index contributed by atoms with van der Waals surface area (Å²) in [5.74, 6) is 0.0943. The molecule has 2 aromatic carbocycles. The third kappa shape index (κ3) is 2.68. The standard InChI is InChI=1S/C22H21N3O3/c1-24-12-18(21(23-24)14-9-10-27-13-14)22(26)25(2)15-7-8-17-16-5-3-4-6-19(16)28-20(17)11-15/h3-8,11-12,14H,9-10,13H2,1-2H3/t14-/m1/s1. The number of rotatable bonds is 3. The highest BCUT2D eigenvalue weighted by Gasteiger charge is 2.28. The molecule has 1 saturated heterocycles. The Morgan fingerprint density at radius 2 is 2.00 bits per heavy atom. The zero-order chi connectivity index (χ0) is 19.3. The Kier molecular flexibility index (Phi) is 3.94. The molecular formula is C22H21N3O3. The number of aromatic nitrogens is 2. The van der Waals surface area contributed by atoms with Crippen molar-refractivity contribution < 1.29 is 13.9 Å². The fourth-order valence-corrected chi connectivity index (χ4v) is 3.94. The van der Waals surface area contributed by atoms with Crippen LogP contribution in [-0.4, -0.2) is 35.9 Å². The Morgan fingerprint density at radius 3 is 2.82 bits per heavy atom. The van der Waals surface area contributed by atoms with Crippen LogP contribution in [0, 0.1) is 0 Å². The maximum Gasteiger partial charge on any atom is 0.261 e. The summed E-state index contributed by atoms with van der Waals surface area (Å²) >= 11 is 0. The van der Waals surface area contributed by atoms with Gasteiger partial charge in [0, 0.05) is 55.3 Å². The molecule has 0 aliphatic carbocycles. The normalized spacial score (nSPS) is 16.9. The molecule has 28 heavy (non-hydrogen) atoms. The predicted octanol–water partition coefficient (Wildman–Crippen LogP) is 4.10. The van der Waals surface area contributed by atoms with Gasteiger partial charge in [0.25, 0.3) is 5.91 Å². The quantitative estimate of drug-likeness (QED) is 0.541. The molecule has 1 fully saturated rings. The molecule has 2 aromatic heterocycles. The SMILES string of the molecule is CN(C(=O)c1cn(C)nc1[C@@H]1CCOC1)c1ccc2c(c1)oc1ccccc12. The molecule has 0 radical (unpaired) electrons. The third-order valence-corrected chi connectivity index (χ3v) is 5.46. The van der Waals surface area contributed by atoms with Crippen molar-refractivity contribution in [3.8, 4) is 0 Å². The van der Waals surface area contributed by atoms with Crippen LogP contribution in [0.3, 0.4) is 0 Å². The summed E-state index contributed by atoms with van der Waals surface area (Å²) in [6.07, 6.45) is 2.69. The molecule has 0 bridgehead atoms. The Hall–Kier alpha value is -3.12. The minimum Gasteiger partial charge on any atom is -0.456 e. The van der Waals surface area contributed by atoms with Crippen molar-refractivity contribution in [1.29, 1.82) is 0 Å². The number of hydrogen-bond donors (Lipinski definition) is 0. The van der Waals surface area contributed by atoms with E-state index in [9.17, 15) is 4.79 Å². The topological polar surface area (TPSA) is 60.5 Å². The first-order chi connectivity index (χ1) is 13.6. The Balaban J connectivity index is 1.51. The molecule has 1 aliphatic rings. The number of carbonyl (C=O) groups is 1. The highest BCUT2D eigenvalue weighted by molar-refractivity contribution is 6.09. The molecule has 1 aliphatic heterocycles. The van der Waals surface area contributed by atoms with Crippen LogP contribution >= 0.6 is 0 Å². The van der Waals surface area contributed by atoms with Crippen LogP contribution in [0.5, 0.6) is 0 Å². The monoisotopic (exact) mass is 375 g/mol. The van der Waals surface area contributed by atoms with Crippen LogP contribution in [0.1, 0.15) is 28.4 Å². The number of amides is 1. The van der Waals surface area contributed by atoms with Gasteiger partial charge < -0.3 is 14.1 Å². The number of hydrogen-bond acceptors (Lipinski definition) is 4. The van der Waals surface area contributed by atoms with Gasteiger partial charge in [0.2, 0.25) is 0 Å². The van der Waals surface area contributed by atoms with Crippen molar-refractivity contribution in [2.75, 3.05) is 25.2 Å². The fraction of sp³-hybridized carbons (Fsp3) is 0.273. The lowest BCUT2D eigenvalue weighted by Crippen LogP contribution is -2.27. The Labute approximate surface area is 162 Å². The number of nitrogens with zero attached hydrogens (tertiary/aromatic N) is 3. The number of anilines is 1. The summed E-state index contributed by atoms with van der Waals surface area (Å²) < 4.78 is 13.2. The predicted molar refractivity (Wildman–Crippen MR) is 108 cm³/mol. The van der Waals surface area contributed by atoms with Gasteiger partial charge >= 0.3 is 0 Å². The van der Waals surface area contributed by atoms with E-state index in [1.165, 1.54) is 0 Å². The zero-order valence-electron chi connectivity index (χ0n) is 15.9. The van der Waals surface area contributed by atoms with Gasteiger partial charge in [-0.1, -0.05) is 18.2 Å². The molecule has 0 N–H and O–H groups in total. The van der Waals surface area contributed by atoms with E-state index in [1.54, 1.807) is 22.8 Å². The van der Waals surface area contributed by atoms with Gasteiger partial charge in [0.1, 0.15) is 11.2 Å². The van der Waals surface area contributed by atoms with Crippen LogP contribution in [0.25, 0.3) is 21.9 Å². The second-order valence-corrected chi connectivity index (χ2v) is 7.31. The van der Waals surface area contributed by atoms with Crippen molar-refractivity contribution in [3.05, 3.63) is 59.9 Å². The van der Waals surface area contributed by atoms with E-state index in [1.807, 2.05) is 49.5 Å². The Morgan fingerprint density at radius 1 is 1.18 bits per heavy atom. The lowest BCUT2D eigenvalue weighted by Gasteiger charge is -2.18. The van der Waals surface area contributed by atoms with E-state index in [0.29, 0.717) is 18.8 Å². The second-order valence-electron chi connectivity index (χ2n) is 7.31. The van der Waals surface area contributed by atoms with Gasteiger partial charge in [0.05, 0.1) is 17.9 Å². The van der Waals surface area contributed by atoms with E-state index in [2.05, 4.69) is 5.10 Å². The molecule has 142 valence electrons. The average molecular weight is 375 g/mol. The van der Waals surface area contributed by atoms with Crippen LogP contribution in [-0.2, 0) is 11.8 Å². The number of carbonyl (C=O) groups excluding carboxylic acids is 1. The van der Waals surface area contributed by atoms with Crippen molar-refractivity contribution in [2.24, 2.45) is 7.05 Å². The third-order valence-electron chi connectivity index (χ3n) is 5.46. The first-order valence-electron chi connectivity index (χ1n) is 9.42. The summed E-state index contributed by atoms with van der Waals surface area (Å²) in [4.78, 5) is 14.9. The van der Waals surface area contributed by atoms with Gasteiger partial charge in [0.15, 0.2) is 0 Å². The summed E-state index contributed by atoms with van der Waals surface area (Å²) in [7, 11) is 3.63. The second kappa shape index (κ2) is 6.49. The van der Waals surface area contributed by atoms with E-state index < -0.39 is 0 Å². The van der Waals surface area contributed by atoms with Crippen LogP contribution < -0.4 is 4.90 Å². The van der Waals surface area contributed by atoms with Gasteiger partial charge in [-0.2, -0.15) is 5.10 Å². The number of furan rings is 1. The summed E-state index contributed by atoms with van der Waals surface area (Å²) in [6.45, 7) is 1.33. The molecular weight excluding hydrogens is 354 g/mol. The Bertz CT molecular complexity index is 1180. The van der Waals surface area contributed by atoms with E-state index in [4.69, 9.17) is 9.15 Å². The zero-order valence-corrected chi connectivity index (χ0v) is 15.9. The van der Waals surface area contributed by atoms with Crippen LogP contribution in [0.4, 0.5) is 5.69 Å². The minimum atomic E-state index is -0.0783. The van der Waals surface area contributed by atoms with Gasteiger partial charge in [-0.3, -0.25) is 9.48 Å². The number of ether oxygens (including phenoxy) is 1. The number of fused-ring (bicyclic) bond motifs is 3. The molecule has 5 rings (SSSR count). The van der Waals surface area contributed by atoms with Gasteiger partial charge in [-0.05, 0) is 24.6 Å². The van der Waals surface area contributed by atoms with Crippen molar-refractivity contribution in [1.82, 2.24) is 9.78 Å². The smallest absolute Gasteiger partial charge is 0.261 e. The van der Waals surface area contributed by atoms with Crippen molar-refractivity contribution in [2.45, 2.75) is 12.3 Å². The molecule has 6 heteroatoms. The molecule has 0 unspecified atom stereocenters. The van der Waals surface area contributed by atoms with E-state index in [-0.39, 0.29) is 11.8 Å². The molecule has 6 nitrogen and oxygen atoms in total. The summed E-state index contributed by atoms with van der Waals surface area (Å²) in [5.41, 5.74) is 3.86. The molecule has 3 heterocycles. The summed E-state index contributed by atoms with van der Waals surface area (Å²) in [5, 5.41) is 6.66. The first-order valence-corrected chi connectivity index (χ1v) is 9.42. The van der Waals surface area contributed by atoms with Crippen LogP contribution in [0.2, 0.25) is 0 Å². The molecule has 4 aromatic rings. The largest absolute Gasteiger partial charge is 0.456 e. The molecule has 1 amide bonds. The maximum atomic E-state index is 13.2. The van der Waals surface area contributed by atoms with Crippen LogP contribution in [0.15, 0.2) is 53.1 Å². The maximum absolute atomic E-state index is 13.2. The lowest BCUT2D eigenvalue weighted by molar-refractivity contribution is 0.0991. The van der Waals surface area contributed by atoms with Gasteiger partial charge in [-0.25, -0.2) is 0 Å². The molecule has 1 atom stereocenters. The van der Waals surface area contributed by atoms with E-state index in [0.717, 1.165) is 39.7 Å². The number of aryl methyl sites for hydroxylation is 1. The van der Waals surface area contributed by atoms with Crippen molar-refractivity contribution >= 4 is 33.5 Å². The van der Waals surface area contributed by atoms with Crippen molar-refractivity contribution in [3.63, 3.8) is 0 Å².